The molecule has 6 heteroatoms. The van der Waals surface area contributed by atoms with Crippen molar-refractivity contribution in [3.8, 4) is 0 Å². The molecule has 118 valence electrons. The molecule has 0 aliphatic heterocycles. The third-order valence-electron chi connectivity index (χ3n) is 4.27. The zero-order chi connectivity index (χ0) is 16.0. The van der Waals surface area contributed by atoms with E-state index in [4.69, 9.17) is 10.9 Å². The highest BCUT2D eigenvalue weighted by atomic mass is 32.1. The van der Waals surface area contributed by atoms with Crippen molar-refractivity contribution in [3.05, 3.63) is 22.4 Å². The van der Waals surface area contributed by atoms with Gasteiger partial charge in [-0.25, -0.2) is 0 Å². The van der Waals surface area contributed by atoms with E-state index in [1.807, 2.05) is 32.2 Å². The van der Waals surface area contributed by atoms with Gasteiger partial charge in [-0.05, 0) is 31.2 Å². The lowest BCUT2D eigenvalue weighted by atomic mass is 9.79. The first kappa shape index (κ1) is 17.5. The number of oxime groups is 1. The molecule has 0 radical (unpaired) electrons. The summed E-state index contributed by atoms with van der Waals surface area (Å²) in [5.41, 5.74) is 4.88. The Bertz CT molecular complexity index is 481. The summed E-state index contributed by atoms with van der Waals surface area (Å²) in [6.45, 7) is 5.79. The number of thiophene rings is 1. The molecule has 0 fully saturated rings. The molecule has 0 saturated heterocycles. The van der Waals surface area contributed by atoms with Crippen LogP contribution in [-0.4, -0.2) is 34.9 Å². The van der Waals surface area contributed by atoms with Gasteiger partial charge in [-0.3, -0.25) is 4.79 Å². The Morgan fingerprint density at radius 2 is 2.14 bits per heavy atom. The number of likely N-dealkylation sites (N-methyl/N-ethyl adjacent to an activating group) is 1. The summed E-state index contributed by atoms with van der Waals surface area (Å²) in [7, 11) is 1.78. The number of rotatable bonds is 7. The van der Waals surface area contributed by atoms with Crippen LogP contribution in [0.4, 0.5) is 0 Å². The van der Waals surface area contributed by atoms with E-state index >= 15 is 0 Å². The summed E-state index contributed by atoms with van der Waals surface area (Å²) in [4.78, 5) is 15.8. The van der Waals surface area contributed by atoms with Crippen molar-refractivity contribution in [1.82, 2.24) is 4.90 Å². The minimum atomic E-state index is -0.923. The molecule has 1 aromatic rings. The summed E-state index contributed by atoms with van der Waals surface area (Å²) >= 11 is 1.68. The molecule has 0 bridgehead atoms. The average molecular weight is 311 g/mol. The van der Waals surface area contributed by atoms with Gasteiger partial charge in [-0.2, -0.15) is 0 Å². The fourth-order valence-electron chi connectivity index (χ4n) is 2.51. The molecule has 0 spiro atoms. The van der Waals surface area contributed by atoms with E-state index in [0.29, 0.717) is 12.8 Å². The van der Waals surface area contributed by atoms with Crippen LogP contribution in [0.3, 0.4) is 0 Å². The van der Waals surface area contributed by atoms with Crippen molar-refractivity contribution in [2.75, 3.05) is 7.05 Å². The monoisotopic (exact) mass is 311 g/mol. The second kappa shape index (κ2) is 7.45. The van der Waals surface area contributed by atoms with Gasteiger partial charge in [0.15, 0.2) is 5.84 Å². The molecule has 21 heavy (non-hydrogen) atoms. The number of nitrogens with zero attached hydrogens (tertiary/aromatic N) is 2. The zero-order valence-electron chi connectivity index (χ0n) is 13.2. The molecule has 3 N–H and O–H groups in total. The van der Waals surface area contributed by atoms with Gasteiger partial charge < -0.3 is 15.8 Å². The quantitative estimate of drug-likeness (QED) is 0.352. The van der Waals surface area contributed by atoms with E-state index in [2.05, 4.69) is 11.2 Å². The molecule has 1 atom stereocenters. The van der Waals surface area contributed by atoms with E-state index < -0.39 is 5.41 Å². The third-order valence-corrected chi connectivity index (χ3v) is 5.17. The normalized spacial score (nSPS) is 14.0. The first-order valence-corrected chi connectivity index (χ1v) is 8.08. The van der Waals surface area contributed by atoms with Crippen LogP contribution >= 0.6 is 11.3 Å². The van der Waals surface area contributed by atoms with Gasteiger partial charge in [-0.1, -0.05) is 25.1 Å². The van der Waals surface area contributed by atoms with Gasteiger partial charge in [0.25, 0.3) is 0 Å². The van der Waals surface area contributed by atoms with Crippen molar-refractivity contribution in [3.63, 3.8) is 0 Å². The molecule has 1 rings (SSSR count). The number of amidine groups is 1. The largest absolute Gasteiger partial charge is 0.409 e. The van der Waals surface area contributed by atoms with Crippen molar-refractivity contribution >= 4 is 23.1 Å². The number of hydrogen-bond acceptors (Lipinski definition) is 4. The Morgan fingerprint density at radius 1 is 1.52 bits per heavy atom. The van der Waals surface area contributed by atoms with Crippen LogP contribution in [0.15, 0.2) is 22.7 Å². The lowest BCUT2D eigenvalue weighted by molar-refractivity contribution is -0.139. The van der Waals surface area contributed by atoms with Crippen molar-refractivity contribution in [2.45, 2.75) is 46.1 Å². The van der Waals surface area contributed by atoms with Crippen LogP contribution in [-0.2, 0) is 11.2 Å². The van der Waals surface area contributed by atoms with Crippen molar-refractivity contribution < 1.29 is 10.0 Å². The highest BCUT2D eigenvalue weighted by Crippen LogP contribution is 2.30. The standard InChI is InChI=1S/C15H25N3O2S/c1-5-15(6-2,13(16)17-20)14(19)18(4)11(3)10-12-8-7-9-21-12/h7-9,11,20H,5-6,10H2,1-4H3,(H2,16,17). The zero-order valence-corrected chi connectivity index (χ0v) is 14.0. The van der Waals surface area contributed by atoms with Crippen molar-refractivity contribution in [2.24, 2.45) is 16.3 Å². The first-order valence-electron chi connectivity index (χ1n) is 7.20. The minimum absolute atomic E-state index is 0.00678. The Kier molecular flexibility index (Phi) is 6.20. The molecule has 0 aromatic carbocycles. The lowest BCUT2D eigenvalue weighted by Gasteiger charge is -2.36. The maximum atomic E-state index is 12.9. The summed E-state index contributed by atoms with van der Waals surface area (Å²) < 4.78 is 0. The van der Waals surface area contributed by atoms with Crippen LogP contribution in [0.2, 0.25) is 0 Å². The molecule has 0 aliphatic carbocycles. The van der Waals surface area contributed by atoms with Crippen molar-refractivity contribution in [1.29, 1.82) is 0 Å². The number of carbonyl (C=O) groups is 1. The molecule has 5 nitrogen and oxygen atoms in total. The maximum Gasteiger partial charge on any atom is 0.236 e. The summed E-state index contributed by atoms with van der Waals surface area (Å²) in [6, 6.07) is 4.13. The van der Waals surface area contributed by atoms with E-state index in [-0.39, 0.29) is 17.8 Å². The number of amides is 1. The van der Waals surface area contributed by atoms with Gasteiger partial charge in [0.05, 0.1) is 0 Å². The molecule has 1 unspecified atom stereocenters. The second-order valence-corrected chi connectivity index (χ2v) is 6.36. The number of nitrogens with two attached hydrogens (primary N) is 1. The van der Waals surface area contributed by atoms with Gasteiger partial charge in [0.1, 0.15) is 5.41 Å². The van der Waals surface area contributed by atoms with Gasteiger partial charge in [-0.15, -0.1) is 11.3 Å². The third kappa shape index (κ3) is 3.56. The Hall–Kier alpha value is -1.56. The van der Waals surface area contributed by atoms with Crippen LogP contribution in [0.1, 0.15) is 38.5 Å². The number of carbonyl (C=O) groups excluding carboxylic acids is 1. The molecule has 1 aromatic heterocycles. The van der Waals surface area contributed by atoms with Gasteiger partial charge in [0, 0.05) is 24.4 Å². The fraction of sp³-hybridized carbons (Fsp3) is 0.600. The van der Waals surface area contributed by atoms with E-state index in [1.54, 1.807) is 23.3 Å². The molecule has 1 heterocycles. The smallest absolute Gasteiger partial charge is 0.236 e. The van der Waals surface area contributed by atoms with Crippen LogP contribution in [0.25, 0.3) is 0 Å². The lowest BCUT2D eigenvalue weighted by Crippen LogP contribution is -2.52. The van der Waals surface area contributed by atoms with Crippen LogP contribution in [0, 0.1) is 5.41 Å². The summed E-state index contributed by atoms with van der Waals surface area (Å²) in [6.07, 6.45) is 1.82. The van der Waals surface area contributed by atoms with E-state index in [9.17, 15) is 4.79 Å². The Morgan fingerprint density at radius 3 is 2.57 bits per heavy atom. The fourth-order valence-corrected chi connectivity index (χ4v) is 3.34. The average Bonchev–Trinajstić information content (AvgIpc) is 3.00. The summed E-state index contributed by atoms with van der Waals surface area (Å²) in [5.74, 6) is -0.0977. The Labute approximate surface area is 130 Å². The van der Waals surface area contributed by atoms with Crippen LogP contribution < -0.4 is 5.73 Å². The van der Waals surface area contributed by atoms with E-state index in [1.165, 1.54) is 4.88 Å². The molecule has 0 aliphatic rings. The van der Waals surface area contributed by atoms with Gasteiger partial charge >= 0.3 is 0 Å². The molecule has 1 amide bonds. The predicted octanol–water partition coefficient (Wildman–Crippen LogP) is 2.69. The van der Waals surface area contributed by atoms with Gasteiger partial charge in [0.2, 0.25) is 5.91 Å². The molecular formula is C15H25N3O2S. The minimum Gasteiger partial charge on any atom is -0.409 e. The maximum absolute atomic E-state index is 12.9. The highest BCUT2D eigenvalue weighted by molar-refractivity contribution is 7.09. The highest BCUT2D eigenvalue weighted by Gasteiger charge is 2.42. The van der Waals surface area contributed by atoms with Crippen LogP contribution in [0.5, 0.6) is 0 Å². The first-order chi connectivity index (χ1) is 9.92. The number of hydrogen-bond donors (Lipinski definition) is 2. The topological polar surface area (TPSA) is 78.9 Å². The second-order valence-electron chi connectivity index (χ2n) is 5.32. The van der Waals surface area contributed by atoms with E-state index in [0.717, 1.165) is 6.42 Å². The molecular weight excluding hydrogens is 286 g/mol. The SMILES string of the molecule is CCC(CC)(C(=O)N(C)C(C)Cc1cccs1)C(N)=NO. The summed E-state index contributed by atoms with van der Waals surface area (Å²) in [5, 5.41) is 14.1. The Balaban J connectivity index is 2.92. The predicted molar refractivity (Wildman–Crippen MR) is 86.7 cm³/mol. The molecule has 0 saturated carbocycles.